The molecule has 1 aliphatic rings. The van der Waals surface area contributed by atoms with Crippen molar-refractivity contribution in [1.29, 1.82) is 0 Å². The largest absolute Gasteiger partial charge is 0.540 e. The summed E-state index contributed by atoms with van der Waals surface area (Å²) in [6, 6.07) is 1.28. The van der Waals surface area contributed by atoms with Crippen LogP contribution in [0.1, 0.15) is 79.1 Å². The number of nitrogens with zero attached hydrogens (tertiary/aromatic N) is 2. The van der Waals surface area contributed by atoms with Crippen LogP contribution in [0.15, 0.2) is 24.1 Å². The summed E-state index contributed by atoms with van der Waals surface area (Å²) in [6.45, 7) is 21.8. The highest BCUT2D eigenvalue weighted by Gasteiger charge is 2.51. The summed E-state index contributed by atoms with van der Waals surface area (Å²) in [6.07, 6.45) is 0.382. The Morgan fingerprint density at radius 2 is 1.57 bits per heavy atom. The van der Waals surface area contributed by atoms with Gasteiger partial charge in [0.2, 0.25) is 0 Å². The van der Waals surface area contributed by atoms with Crippen LogP contribution in [-0.4, -0.2) is 66.0 Å². The summed E-state index contributed by atoms with van der Waals surface area (Å²) in [5.74, 6) is -1.49. The van der Waals surface area contributed by atoms with Gasteiger partial charge in [0.05, 0.1) is 30.7 Å². The molecule has 1 aliphatic heterocycles. The summed E-state index contributed by atoms with van der Waals surface area (Å²) >= 11 is 0. The van der Waals surface area contributed by atoms with Crippen molar-refractivity contribution in [1.82, 2.24) is 4.90 Å². The minimum Gasteiger partial charge on any atom is -0.540 e. The second-order valence-corrected chi connectivity index (χ2v) is 25.6. The first-order chi connectivity index (χ1) is 20.7. The van der Waals surface area contributed by atoms with Crippen molar-refractivity contribution in [2.24, 2.45) is 0 Å². The molecule has 0 unspecified atom stereocenters. The third-order valence-electron chi connectivity index (χ3n) is 8.99. The number of benzene rings is 1. The molecule has 2 rings (SSSR count). The zero-order chi connectivity index (χ0) is 35.8. The monoisotopic (exact) mass is 712 g/mol. The Labute approximate surface area is 271 Å². The maximum Gasteiger partial charge on any atom is 0.534 e. The summed E-state index contributed by atoms with van der Waals surface area (Å²) in [5.41, 5.74) is -6.43. The SMILES string of the molecule is COc1cc(C(=O)N2C=C(OS(=O)(=O)C(F)(F)F)C[C@H]2CO[Si](C)(C)C(C)(C)C)c([N+](=O)[O-])cc1O[Si](C(C)C)(C(C)C)C(C)C. The molecule has 1 aromatic carbocycles. The van der Waals surface area contributed by atoms with Crippen LogP contribution in [0.25, 0.3) is 0 Å². The Balaban J connectivity index is 2.70. The van der Waals surface area contributed by atoms with Gasteiger partial charge in [-0.2, -0.15) is 21.6 Å². The summed E-state index contributed by atoms with van der Waals surface area (Å²) in [4.78, 5) is 26.5. The predicted octanol–water partition coefficient (Wildman–Crippen LogP) is 8.10. The molecule has 17 heteroatoms. The van der Waals surface area contributed by atoms with E-state index >= 15 is 0 Å². The van der Waals surface area contributed by atoms with E-state index < -0.39 is 72.6 Å². The number of ether oxygens (including phenoxy) is 1. The Morgan fingerprint density at radius 1 is 1.04 bits per heavy atom. The van der Waals surface area contributed by atoms with E-state index in [9.17, 15) is 36.5 Å². The van der Waals surface area contributed by atoms with Gasteiger partial charge in [-0.1, -0.05) is 62.3 Å². The first-order valence-corrected chi connectivity index (χ1v) is 21.4. The van der Waals surface area contributed by atoms with Gasteiger partial charge < -0.3 is 22.7 Å². The summed E-state index contributed by atoms with van der Waals surface area (Å²) < 4.78 is 85.8. The molecule has 0 aromatic heterocycles. The van der Waals surface area contributed by atoms with E-state index in [0.29, 0.717) is 0 Å². The van der Waals surface area contributed by atoms with Crippen molar-refractivity contribution in [2.45, 2.75) is 115 Å². The minimum absolute atomic E-state index is 0.0566. The molecule has 1 heterocycles. The molecule has 0 fully saturated rings. The number of methoxy groups -OCH3 is 1. The van der Waals surface area contributed by atoms with Crippen molar-refractivity contribution in [3.05, 3.63) is 39.8 Å². The topological polar surface area (TPSA) is 135 Å². The predicted molar refractivity (Wildman–Crippen MR) is 173 cm³/mol. The maximum absolute atomic E-state index is 14.0. The molecule has 0 spiro atoms. The van der Waals surface area contributed by atoms with Gasteiger partial charge in [-0.25, -0.2) is 0 Å². The molecule has 0 aliphatic carbocycles. The Bertz CT molecular complexity index is 1420. The van der Waals surface area contributed by atoms with Gasteiger partial charge in [0.15, 0.2) is 19.8 Å². The lowest BCUT2D eigenvalue weighted by Crippen LogP contribution is -2.50. The second-order valence-electron chi connectivity index (χ2n) is 13.9. The summed E-state index contributed by atoms with van der Waals surface area (Å²) in [7, 11) is -9.81. The lowest BCUT2D eigenvalue weighted by atomic mass is 10.1. The van der Waals surface area contributed by atoms with Crippen molar-refractivity contribution in [2.75, 3.05) is 13.7 Å². The van der Waals surface area contributed by atoms with Crippen LogP contribution in [-0.2, 0) is 18.7 Å². The first-order valence-electron chi connectivity index (χ1n) is 15.0. The number of nitro benzene ring substituents is 1. The van der Waals surface area contributed by atoms with E-state index in [1.807, 2.05) is 75.4 Å². The molecule has 1 amide bonds. The van der Waals surface area contributed by atoms with Gasteiger partial charge in [-0.3, -0.25) is 14.9 Å². The molecule has 0 radical (unpaired) electrons. The molecule has 46 heavy (non-hydrogen) atoms. The molecule has 0 saturated carbocycles. The van der Waals surface area contributed by atoms with Crippen LogP contribution in [0.4, 0.5) is 18.9 Å². The number of hydrogen-bond donors (Lipinski definition) is 0. The smallest absolute Gasteiger partial charge is 0.534 e. The number of halogens is 3. The van der Waals surface area contributed by atoms with Gasteiger partial charge in [-0.15, -0.1) is 0 Å². The Morgan fingerprint density at radius 3 is 1.98 bits per heavy atom. The van der Waals surface area contributed by atoms with Gasteiger partial charge in [0.25, 0.3) is 19.9 Å². The highest BCUT2D eigenvalue weighted by atomic mass is 32.2. The number of carbonyl (C=O) groups is 1. The van der Waals surface area contributed by atoms with Crippen molar-refractivity contribution < 1.29 is 49.1 Å². The molecule has 0 N–H and O–H groups in total. The lowest BCUT2D eigenvalue weighted by Gasteiger charge is -2.42. The number of rotatable bonds is 13. The number of hydrogen-bond acceptors (Lipinski definition) is 9. The van der Waals surface area contributed by atoms with Gasteiger partial charge in [-0.05, 0) is 34.8 Å². The van der Waals surface area contributed by atoms with Crippen molar-refractivity contribution >= 4 is 38.3 Å². The van der Waals surface area contributed by atoms with Crippen LogP contribution < -0.4 is 9.16 Å². The van der Waals surface area contributed by atoms with Gasteiger partial charge in [0.1, 0.15) is 11.3 Å². The van der Waals surface area contributed by atoms with Crippen molar-refractivity contribution in [3.8, 4) is 11.5 Å². The van der Waals surface area contributed by atoms with Crippen LogP contribution >= 0.6 is 0 Å². The van der Waals surface area contributed by atoms with E-state index in [-0.39, 0.29) is 39.8 Å². The number of nitro groups is 1. The van der Waals surface area contributed by atoms with E-state index in [2.05, 4.69) is 4.18 Å². The Hall–Kier alpha value is -2.64. The Kier molecular flexibility index (Phi) is 11.9. The quantitative estimate of drug-likeness (QED) is 0.0654. The number of carbonyl (C=O) groups excluding carboxylic acids is 1. The molecular weight excluding hydrogens is 666 g/mol. The molecule has 0 bridgehead atoms. The highest BCUT2D eigenvalue weighted by molar-refractivity contribution is 7.87. The first kappa shape index (κ1) is 39.5. The fourth-order valence-electron chi connectivity index (χ4n) is 5.57. The van der Waals surface area contributed by atoms with Crippen molar-refractivity contribution in [3.63, 3.8) is 0 Å². The second kappa shape index (κ2) is 13.8. The highest BCUT2D eigenvalue weighted by Crippen LogP contribution is 2.46. The third-order valence-corrected chi connectivity index (χ3v) is 20.5. The van der Waals surface area contributed by atoms with Gasteiger partial charge in [0, 0.05) is 18.7 Å². The average Bonchev–Trinajstić information content (AvgIpc) is 3.29. The fourth-order valence-corrected chi connectivity index (χ4v) is 12.3. The average molecular weight is 713 g/mol. The van der Waals surface area contributed by atoms with E-state index in [1.165, 1.54) is 13.2 Å². The van der Waals surface area contributed by atoms with Crippen LogP contribution in [0.2, 0.25) is 34.8 Å². The molecule has 1 atom stereocenters. The summed E-state index contributed by atoms with van der Waals surface area (Å²) in [5, 5.41) is 12.1. The standard InChI is InChI=1S/C29H47F3N2O9SSi2/c1-18(2)46(19(3)4,20(5)6)43-26-15-24(34(36)37)23(14-25(26)40-10)27(35)33-16-22(42-44(38,39)29(30,31)32)13-21(33)17-41-45(11,12)28(7,8)9/h14-16,18-21H,13,17H2,1-12H3/t21-/m0/s1. The molecule has 0 saturated heterocycles. The van der Waals surface area contributed by atoms with Crippen LogP contribution in [0, 0.1) is 10.1 Å². The molecule has 262 valence electrons. The fraction of sp³-hybridized carbons (Fsp3) is 0.690. The number of amides is 1. The van der Waals surface area contributed by atoms with Crippen LogP contribution in [0.3, 0.4) is 0 Å². The molecule has 11 nitrogen and oxygen atoms in total. The van der Waals surface area contributed by atoms with Gasteiger partial charge >= 0.3 is 15.6 Å². The van der Waals surface area contributed by atoms with E-state index in [1.54, 1.807) is 0 Å². The molecule has 1 aromatic rings. The molecular formula is C29H47F3N2O9SSi2. The van der Waals surface area contributed by atoms with E-state index in [4.69, 9.17) is 13.6 Å². The zero-order valence-corrected chi connectivity index (χ0v) is 31.4. The van der Waals surface area contributed by atoms with Crippen LogP contribution in [0.5, 0.6) is 11.5 Å². The number of alkyl halides is 3. The lowest BCUT2D eigenvalue weighted by molar-refractivity contribution is -0.385. The minimum atomic E-state index is -6.04. The zero-order valence-electron chi connectivity index (χ0n) is 28.6. The third kappa shape index (κ3) is 8.07. The maximum atomic E-state index is 14.0. The van der Waals surface area contributed by atoms with E-state index in [0.717, 1.165) is 17.2 Å². The normalized spacial score (nSPS) is 16.7.